The summed E-state index contributed by atoms with van der Waals surface area (Å²) in [7, 11) is 0. The van der Waals surface area contributed by atoms with Crippen LogP contribution < -0.4 is 5.73 Å². The maximum absolute atomic E-state index is 10.3. The molecule has 0 aliphatic heterocycles. The summed E-state index contributed by atoms with van der Waals surface area (Å²) in [5.41, 5.74) is 6.17. The molecule has 1 aromatic rings. The van der Waals surface area contributed by atoms with Crippen molar-refractivity contribution < 1.29 is 9.90 Å². The Kier molecular flexibility index (Phi) is 4.74. The maximum Gasteiger partial charge on any atom is 0.335 e. The first-order chi connectivity index (χ1) is 6.11. The zero-order valence-corrected chi connectivity index (χ0v) is 7.19. The van der Waals surface area contributed by atoms with E-state index in [9.17, 15) is 4.79 Å². The highest BCUT2D eigenvalue weighted by Crippen LogP contribution is 2.04. The van der Waals surface area contributed by atoms with Gasteiger partial charge in [0.1, 0.15) is 0 Å². The van der Waals surface area contributed by atoms with Gasteiger partial charge in [-0.2, -0.15) is 5.26 Å². The molecular weight excluding hydrogens is 168 g/mol. The largest absolute Gasteiger partial charge is 0.478 e. The molecule has 0 amide bonds. The number of carboxylic acid groups (broad SMARTS) is 1. The molecule has 0 aliphatic carbocycles. The number of nitrogens with two attached hydrogens (primary N) is 1. The Morgan fingerprint density at radius 1 is 1.46 bits per heavy atom. The van der Waals surface area contributed by atoms with Gasteiger partial charge in [0.25, 0.3) is 0 Å². The third kappa shape index (κ3) is 4.43. The molecule has 4 nitrogen and oxygen atoms in total. The number of carboxylic acids is 1. The second kappa shape index (κ2) is 5.61. The Bertz CT molecular complexity index is 311. The van der Waals surface area contributed by atoms with Crippen LogP contribution in [0.4, 0.5) is 5.69 Å². The first-order valence-electron chi connectivity index (χ1n) is 3.51. The van der Waals surface area contributed by atoms with Crippen LogP contribution in [0.2, 0.25) is 0 Å². The van der Waals surface area contributed by atoms with Crippen molar-refractivity contribution in [2.45, 2.75) is 6.92 Å². The minimum atomic E-state index is -0.931. The van der Waals surface area contributed by atoms with E-state index in [0.717, 1.165) is 0 Å². The fourth-order valence-electron chi connectivity index (χ4n) is 0.626. The Morgan fingerprint density at radius 2 is 1.85 bits per heavy atom. The van der Waals surface area contributed by atoms with Gasteiger partial charge in [-0.25, -0.2) is 4.79 Å². The van der Waals surface area contributed by atoms with Crippen LogP contribution in [-0.2, 0) is 0 Å². The van der Waals surface area contributed by atoms with Crippen LogP contribution in [0.25, 0.3) is 0 Å². The van der Waals surface area contributed by atoms with Crippen molar-refractivity contribution in [3.8, 4) is 6.07 Å². The van der Waals surface area contributed by atoms with E-state index in [0.29, 0.717) is 5.69 Å². The lowest BCUT2D eigenvalue weighted by molar-refractivity contribution is 0.0697. The van der Waals surface area contributed by atoms with Gasteiger partial charge in [-0.05, 0) is 24.3 Å². The van der Waals surface area contributed by atoms with Crippen LogP contribution in [-0.4, -0.2) is 11.1 Å². The number of nitriles is 1. The number of hydrogen-bond donors (Lipinski definition) is 2. The van der Waals surface area contributed by atoms with E-state index in [1.807, 2.05) is 0 Å². The fraction of sp³-hybridized carbons (Fsp3) is 0.111. The molecule has 0 radical (unpaired) electrons. The Labute approximate surface area is 76.2 Å². The average Bonchev–Trinajstić information content (AvgIpc) is 2.06. The van der Waals surface area contributed by atoms with Gasteiger partial charge in [-0.1, -0.05) is 0 Å². The summed E-state index contributed by atoms with van der Waals surface area (Å²) >= 11 is 0. The van der Waals surface area contributed by atoms with E-state index in [1.54, 1.807) is 18.2 Å². The molecule has 0 unspecified atom stereocenters. The van der Waals surface area contributed by atoms with Gasteiger partial charge in [-0.3, -0.25) is 0 Å². The summed E-state index contributed by atoms with van der Waals surface area (Å²) in [5, 5.41) is 15.8. The second-order valence-corrected chi connectivity index (χ2v) is 2.15. The minimum Gasteiger partial charge on any atom is -0.478 e. The molecule has 0 atom stereocenters. The molecule has 0 spiro atoms. The molecular formula is C9H10N2O2. The van der Waals surface area contributed by atoms with Crippen LogP contribution in [0.15, 0.2) is 24.3 Å². The highest BCUT2D eigenvalue weighted by Gasteiger charge is 1.98. The zero-order valence-electron chi connectivity index (χ0n) is 7.19. The molecule has 0 aromatic heterocycles. The average molecular weight is 178 g/mol. The topological polar surface area (TPSA) is 87.1 Å². The monoisotopic (exact) mass is 178 g/mol. The molecule has 0 heterocycles. The van der Waals surface area contributed by atoms with Crippen molar-refractivity contribution in [3.63, 3.8) is 0 Å². The van der Waals surface area contributed by atoms with Gasteiger partial charge in [0.15, 0.2) is 0 Å². The normalized spacial score (nSPS) is 7.69. The highest BCUT2D eigenvalue weighted by molar-refractivity contribution is 5.87. The van der Waals surface area contributed by atoms with Gasteiger partial charge in [0.2, 0.25) is 0 Å². The molecule has 0 saturated heterocycles. The van der Waals surface area contributed by atoms with Crippen molar-refractivity contribution in [2.24, 2.45) is 0 Å². The van der Waals surface area contributed by atoms with Crippen LogP contribution in [0, 0.1) is 11.3 Å². The Balaban J connectivity index is 0.000000424. The van der Waals surface area contributed by atoms with E-state index >= 15 is 0 Å². The fourth-order valence-corrected chi connectivity index (χ4v) is 0.626. The van der Waals surface area contributed by atoms with E-state index in [-0.39, 0.29) is 5.56 Å². The van der Waals surface area contributed by atoms with Crippen molar-refractivity contribution in [3.05, 3.63) is 29.8 Å². The second-order valence-electron chi connectivity index (χ2n) is 2.15. The molecule has 1 rings (SSSR count). The molecule has 0 aliphatic rings. The quantitative estimate of drug-likeness (QED) is 0.638. The van der Waals surface area contributed by atoms with Gasteiger partial charge in [-0.15, -0.1) is 0 Å². The summed E-state index contributed by atoms with van der Waals surface area (Å²) in [6.07, 6.45) is 0. The molecule has 0 fully saturated rings. The van der Waals surface area contributed by atoms with Gasteiger partial charge < -0.3 is 10.8 Å². The number of rotatable bonds is 1. The van der Waals surface area contributed by atoms with Crippen LogP contribution in [0.1, 0.15) is 17.3 Å². The third-order valence-corrected chi connectivity index (χ3v) is 1.16. The van der Waals surface area contributed by atoms with Crippen molar-refractivity contribution in [2.75, 3.05) is 5.73 Å². The molecule has 68 valence electrons. The number of carbonyl (C=O) groups is 1. The number of aromatic carboxylic acids is 1. The lowest BCUT2D eigenvalue weighted by Gasteiger charge is -1.93. The summed E-state index contributed by atoms with van der Waals surface area (Å²) in [6, 6.07) is 7.81. The Morgan fingerprint density at radius 3 is 2.15 bits per heavy atom. The third-order valence-electron chi connectivity index (χ3n) is 1.16. The summed E-state index contributed by atoms with van der Waals surface area (Å²) < 4.78 is 0. The predicted molar refractivity (Wildman–Crippen MR) is 49.1 cm³/mol. The smallest absolute Gasteiger partial charge is 0.335 e. The van der Waals surface area contributed by atoms with Crippen molar-refractivity contribution in [1.82, 2.24) is 0 Å². The van der Waals surface area contributed by atoms with Crippen LogP contribution in [0.5, 0.6) is 0 Å². The highest BCUT2D eigenvalue weighted by atomic mass is 16.4. The number of hydrogen-bond acceptors (Lipinski definition) is 3. The molecule has 1 aromatic carbocycles. The van der Waals surface area contributed by atoms with E-state index < -0.39 is 5.97 Å². The standard InChI is InChI=1S/C7H7NO2.C2H3N/c8-6-3-1-5(2-4-6)7(9)10;1-2-3/h1-4H,8H2,(H,9,10);1H3. The van der Waals surface area contributed by atoms with Gasteiger partial charge in [0.05, 0.1) is 11.6 Å². The molecule has 13 heavy (non-hydrogen) atoms. The van der Waals surface area contributed by atoms with E-state index in [2.05, 4.69) is 0 Å². The van der Waals surface area contributed by atoms with Crippen LogP contribution >= 0.6 is 0 Å². The minimum absolute atomic E-state index is 0.259. The molecule has 4 heteroatoms. The first-order valence-corrected chi connectivity index (χ1v) is 3.51. The summed E-state index contributed by atoms with van der Waals surface area (Å²) in [6.45, 7) is 1.43. The maximum atomic E-state index is 10.3. The predicted octanol–water partition coefficient (Wildman–Crippen LogP) is 1.50. The van der Waals surface area contributed by atoms with E-state index in [1.165, 1.54) is 19.1 Å². The van der Waals surface area contributed by atoms with Gasteiger partial charge >= 0.3 is 5.97 Å². The lowest BCUT2D eigenvalue weighted by atomic mass is 10.2. The van der Waals surface area contributed by atoms with Crippen molar-refractivity contribution in [1.29, 1.82) is 5.26 Å². The number of nitrogens with zero attached hydrogens (tertiary/aromatic N) is 1. The van der Waals surface area contributed by atoms with Crippen LogP contribution in [0.3, 0.4) is 0 Å². The van der Waals surface area contributed by atoms with E-state index in [4.69, 9.17) is 16.1 Å². The van der Waals surface area contributed by atoms with Crippen molar-refractivity contribution >= 4 is 11.7 Å². The molecule has 3 N–H and O–H groups in total. The molecule has 0 bridgehead atoms. The summed E-state index contributed by atoms with van der Waals surface area (Å²) in [5.74, 6) is -0.931. The first kappa shape index (κ1) is 11.0. The zero-order chi connectivity index (χ0) is 10.3. The number of benzene rings is 1. The number of nitrogen functional groups attached to an aromatic ring is 1. The number of anilines is 1. The SMILES string of the molecule is CC#N.Nc1ccc(C(=O)O)cc1. The van der Waals surface area contributed by atoms with Gasteiger partial charge in [0, 0.05) is 12.6 Å². The lowest BCUT2D eigenvalue weighted by Crippen LogP contribution is -1.95. The summed E-state index contributed by atoms with van der Waals surface area (Å²) in [4.78, 5) is 10.3. The Hall–Kier alpha value is -2.02. The molecule has 0 saturated carbocycles.